The maximum Gasteiger partial charge on any atom is 0.416 e. The van der Waals surface area contributed by atoms with Gasteiger partial charge in [0, 0.05) is 19.3 Å². The Bertz CT molecular complexity index is 756. The molecule has 8 heteroatoms. The van der Waals surface area contributed by atoms with Crippen molar-refractivity contribution in [3.8, 4) is 5.69 Å². The number of aromatic nitrogens is 2. The Labute approximate surface area is 143 Å². The fourth-order valence-electron chi connectivity index (χ4n) is 3.04. The summed E-state index contributed by atoms with van der Waals surface area (Å²) in [5.74, 6) is 0.226. The van der Waals surface area contributed by atoms with Gasteiger partial charge in [0.1, 0.15) is 0 Å². The number of hydrogen-bond acceptors (Lipinski definition) is 3. The van der Waals surface area contributed by atoms with Crippen LogP contribution in [0.15, 0.2) is 36.5 Å². The number of nitrogens with zero attached hydrogens (tertiary/aromatic N) is 3. The third-order valence-electron chi connectivity index (χ3n) is 4.31. The summed E-state index contributed by atoms with van der Waals surface area (Å²) in [6, 6.07) is 6.40. The van der Waals surface area contributed by atoms with Crippen molar-refractivity contribution in [2.45, 2.75) is 12.6 Å². The molecule has 1 fully saturated rings. The zero-order valence-corrected chi connectivity index (χ0v) is 13.8. The van der Waals surface area contributed by atoms with Crippen LogP contribution in [0.4, 0.5) is 13.2 Å². The molecule has 25 heavy (non-hydrogen) atoms. The van der Waals surface area contributed by atoms with E-state index in [-0.39, 0.29) is 17.3 Å². The zero-order valence-electron chi connectivity index (χ0n) is 13.8. The number of likely N-dealkylation sites (tertiary alicyclic amines) is 1. The number of alkyl halides is 3. The van der Waals surface area contributed by atoms with Crippen molar-refractivity contribution in [2.24, 2.45) is 5.92 Å². The second kappa shape index (κ2) is 6.87. The predicted octanol–water partition coefficient (Wildman–Crippen LogP) is 2.57. The largest absolute Gasteiger partial charge is 0.416 e. The van der Waals surface area contributed by atoms with Crippen LogP contribution in [-0.2, 0) is 6.18 Å². The first kappa shape index (κ1) is 17.5. The number of hydrogen-bond donors (Lipinski definition) is 1. The predicted molar refractivity (Wildman–Crippen MR) is 86.5 cm³/mol. The molecule has 1 unspecified atom stereocenters. The van der Waals surface area contributed by atoms with Gasteiger partial charge < -0.3 is 10.2 Å². The Morgan fingerprint density at radius 3 is 2.88 bits per heavy atom. The lowest BCUT2D eigenvalue weighted by atomic mass is 10.1. The van der Waals surface area contributed by atoms with Crippen LogP contribution in [0.1, 0.15) is 22.5 Å². The van der Waals surface area contributed by atoms with Crippen LogP contribution in [0, 0.1) is 5.92 Å². The lowest BCUT2D eigenvalue weighted by molar-refractivity contribution is -0.137. The summed E-state index contributed by atoms with van der Waals surface area (Å²) in [6.45, 7) is 2.18. The maximum absolute atomic E-state index is 12.8. The molecule has 1 aromatic carbocycles. The van der Waals surface area contributed by atoms with E-state index in [1.165, 1.54) is 29.1 Å². The van der Waals surface area contributed by atoms with Gasteiger partial charge in [-0.1, -0.05) is 6.07 Å². The summed E-state index contributed by atoms with van der Waals surface area (Å²) in [6.07, 6.45) is -1.98. The quantitative estimate of drug-likeness (QED) is 0.920. The molecule has 0 saturated carbocycles. The Kier molecular flexibility index (Phi) is 4.80. The van der Waals surface area contributed by atoms with E-state index >= 15 is 0 Å². The molecular formula is C17H19F3N4O. The van der Waals surface area contributed by atoms with Gasteiger partial charge in [0.2, 0.25) is 0 Å². The van der Waals surface area contributed by atoms with E-state index in [1.54, 1.807) is 4.90 Å². The van der Waals surface area contributed by atoms with Crippen molar-refractivity contribution in [3.63, 3.8) is 0 Å². The van der Waals surface area contributed by atoms with Crippen molar-refractivity contribution >= 4 is 5.91 Å². The van der Waals surface area contributed by atoms with Crippen LogP contribution in [0.5, 0.6) is 0 Å². The molecule has 1 aromatic heterocycles. The van der Waals surface area contributed by atoms with E-state index in [1.807, 2.05) is 7.05 Å². The van der Waals surface area contributed by atoms with Gasteiger partial charge in [-0.25, -0.2) is 4.68 Å². The van der Waals surface area contributed by atoms with Crippen molar-refractivity contribution < 1.29 is 18.0 Å². The number of amides is 1. The van der Waals surface area contributed by atoms with E-state index < -0.39 is 11.7 Å². The molecule has 1 saturated heterocycles. The molecule has 0 radical (unpaired) electrons. The van der Waals surface area contributed by atoms with Crippen molar-refractivity contribution in [1.82, 2.24) is 20.0 Å². The van der Waals surface area contributed by atoms with Gasteiger partial charge in [-0.05, 0) is 50.2 Å². The van der Waals surface area contributed by atoms with Gasteiger partial charge in [0.05, 0.1) is 11.3 Å². The first-order valence-electron chi connectivity index (χ1n) is 8.05. The number of carbonyl (C=O) groups excluding carboxylic acids is 1. The maximum atomic E-state index is 12.8. The van der Waals surface area contributed by atoms with E-state index in [4.69, 9.17) is 0 Å². The van der Waals surface area contributed by atoms with E-state index in [0.717, 1.165) is 25.1 Å². The monoisotopic (exact) mass is 352 g/mol. The van der Waals surface area contributed by atoms with Crippen molar-refractivity contribution in [2.75, 3.05) is 26.7 Å². The van der Waals surface area contributed by atoms with Gasteiger partial charge >= 0.3 is 6.18 Å². The zero-order chi connectivity index (χ0) is 18.0. The molecule has 0 bridgehead atoms. The highest BCUT2D eigenvalue weighted by atomic mass is 19.4. The third-order valence-corrected chi connectivity index (χ3v) is 4.31. The summed E-state index contributed by atoms with van der Waals surface area (Å²) in [5, 5.41) is 7.26. The molecule has 2 heterocycles. The summed E-state index contributed by atoms with van der Waals surface area (Å²) in [7, 11) is 1.88. The van der Waals surface area contributed by atoms with Crippen molar-refractivity contribution in [1.29, 1.82) is 0 Å². The minimum Gasteiger partial charge on any atom is -0.337 e. The fraction of sp³-hybridized carbons (Fsp3) is 0.412. The van der Waals surface area contributed by atoms with E-state index in [9.17, 15) is 18.0 Å². The normalized spacial score (nSPS) is 17.9. The molecular weight excluding hydrogens is 333 g/mol. The fourth-order valence-corrected chi connectivity index (χ4v) is 3.04. The van der Waals surface area contributed by atoms with Gasteiger partial charge in [-0.2, -0.15) is 18.3 Å². The van der Waals surface area contributed by atoms with Crippen LogP contribution < -0.4 is 5.32 Å². The smallest absolute Gasteiger partial charge is 0.337 e. The molecule has 3 rings (SSSR count). The molecule has 1 aliphatic rings. The molecule has 1 aliphatic heterocycles. The molecule has 2 aromatic rings. The van der Waals surface area contributed by atoms with Crippen LogP contribution in [-0.4, -0.2) is 47.3 Å². The van der Waals surface area contributed by atoms with Crippen LogP contribution in [0.2, 0.25) is 0 Å². The highest BCUT2D eigenvalue weighted by Gasteiger charge is 2.31. The highest BCUT2D eigenvalue weighted by Crippen LogP contribution is 2.30. The van der Waals surface area contributed by atoms with Gasteiger partial charge in [-0.3, -0.25) is 4.79 Å². The van der Waals surface area contributed by atoms with Gasteiger partial charge in [0.15, 0.2) is 5.69 Å². The molecule has 1 amide bonds. The topological polar surface area (TPSA) is 50.2 Å². The molecule has 1 N–H and O–H groups in total. The Hall–Kier alpha value is -2.35. The summed E-state index contributed by atoms with van der Waals surface area (Å²) in [4.78, 5) is 14.3. The number of benzene rings is 1. The minimum absolute atomic E-state index is 0.190. The second-order valence-electron chi connectivity index (χ2n) is 6.16. The Morgan fingerprint density at radius 1 is 1.36 bits per heavy atom. The van der Waals surface area contributed by atoms with Gasteiger partial charge in [0.25, 0.3) is 5.91 Å². The lowest BCUT2D eigenvalue weighted by Gasteiger charge is -2.15. The van der Waals surface area contributed by atoms with Crippen LogP contribution in [0.25, 0.3) is 5.69 Å². The first-order chi connectivity index (χ1) is 11.9. The number of carbonyl (C=O) groups is 1. The SMILES string of the molecule is CNCC1CCN(C(=O)c2ccn(-c3cccc(C(F)(F)F)c3)n2)C1. The Morgan fingerprint density at radius 2 is 2.16 bits per heavy atom. The highest BCUT2D eigenvalue weighted by molar-refractivity contribution is 5.92. The van der Waals surface area contributed by atoms with Gasteiger partial charge in [-0.15, -0.1) is 0 Å². The average Bonchev–Trinajstić information content (AvgIpc) is 3.23. The van der Waals surface area contributed by atoms with Crippen LogP contribution >= 0.6 is 0 Å². The summed E-state index contributed by atoms with van der Waals surface area (Å²) >= 11 is 0. The Balaban J connectivity index is 1.76. The number of rotatable bonds is 4. The molecule has 1 atom stereocenters. The summed E-state index contributed by atoms with van der Waals surface area (Å²) in [5.41, 5.74) is -0.242. The van der Waals surface area contributed by atoms with E-state index in [0.29, 0.717) is 19.0 Å². The third kappa shape index (κ3) is 3.84. The molecule has 0 spiro atoms. The average molecular weight is 352 g/mol. The lowest BCUT2D eigenvalue weighted by Crippen LogP contribution is -2.30. The molecule has 0 aliphatic carbocycles. The first-order valence-corrected chi connectivity index (χ1v) is 8.05. The standard InChI is InChI=1S/C17H19F3N4O/c1-21-10-12-5-7-23(11-12)16(25)15-6-8-24(22-15)14-4-2-3-13(9-14)17(18,19)20/h2-4,6,8-9,12,21H,5,7,10-11H2,1H3. The molecule has 5 nitrogen and oxygen atoms in total. The molecule has 134 valence electrons. The summed E-state index contributed by atoms with van der Waals surface area (Å²) < 4.78 is 39.8. The second-order valence-corrected chi connectivity index (χ2v) is 6.16. The number of nitrogens with one attached hydrogen (secondary N) is 1. The van der Waals surface area contributed by atoms with Crippen molar-refractivity contribution in [3.05, 3.63) is 47.8 Å². The van der Waals surface area contributed by atoms with E-state index in [2.05, 4.69) is 10.4 Å². The minimum atomic E-state index is -4.42. The van der Waals surface area contributed by atoms with Crippen LogP contribution in [0.3, 0.4) is 0 Å². The number of halogens is 3.